The lowest BCUT2D eigenvalue weighted by atomic mass is 10.1. The summed E-state index contributed by atoms with van der Waals surface area (Å²) in [6.45, 7) is 7.20. The van der Waals surface area contributed by atoms with E-state index in [0.717, 1.165) is 11.1 Å². The van der Waals surface area contributed by atoms with E-state index in [-0.39, 0.29) is 27.7 Å². The lowest BCUT2D eigenvalue weighted by Gasteiger charge is -2.14. The van der Waals surface area contributed by atoms with Gasteiger partial charge >= 0.3 is 5.97 Å². The van der Waals surface area contributed by atoms with Crippen molar-refractivity contribution in [3.63, 3.8) is 0 Å². The van der Waals surface area contributed by atoms with Crippen LogP contribution in [0, 0.1) is 20.8 Å². The van der Waals surface area contributed by atoms with Crippen molar-refractivity contribution >= 4 is 44.9 Å². The van der Waals surface area contributed by atoms with Crippen LogP contribution in [-0.4, -0.2) is 26.9 Å². The molecule has 0 aliphatic carbocycles. The number of carbonyl (C=O) groups excluding carboxylic acids is 2. The third-order valence-electron chi connectivity index (χ3n) is 5.10. The minimum Gasteiger partial charge on any atom is -0.462 e. The molecule has 3 rings (SSSR count). The van der Waals surface area contributed by atoms with Gasteiger partial charge in [0.15, 0.2) is 0 Å². The molecule has 0 fully saturated rings. The van der Waals surface area contributed by atoms with Crippen LogP contribution >= 0.6 is 11.6 Å². The molecule has 0 aromatic heterocycles. The monoisotopic (exact) mass is 500 g/mol. The molecule has 0 bridgehead atoms. The van der Waals surface area contributed by atoms with Gasteiger partial charge in [0.2, 0.25) is 0 Å². The zero-order valence-corrected chi connectivity index (χ0v) is 20.8. The molecule has 0 atom stereocenters. The summed E-state index contributed by atoms with van der Waals surface area (Å²) in [7, 11) is -3.95. The smallest absolute Gasteiger partial charge is 0.339 e. The van der Waals surface area contributed by atoms with Crippen molar-refractivity contribution in [2.75, 3.05) is 16.6 Å². The maximum Gasteiger partial charge on any atom is 0.339 e. The molecule has 7 nitrogen and oxygen atoms in total. The summed E-state index contributed by atoms with van der Waals surface area (Å²) < 4.78 is 33.8. The molecule has 0 unspecified atom stereocenters. The number of esters is 1. The van der Waals surface area contributed by atoms with Crippen molar-refractivity contribution in [1.82, 2.24) is 0 Å². The van der Waals surface area contributed by atoms with E-state index in [1.165, 1.54) is 30.3 Å². The number of halogens is 1. The number of ether oxygens (including phenoxy) is 1. The lowest BCUT2D eigenvalue weighted by Crippen LogP contribution is -2.18. The van der Waals surface area contributed by atoms with Crippen molar-refractivity contribution in [3.8, 4) is 0 Å². The van der Waals surface area contributed by atoms with Crippen LogP contribution in [0.3, 0.4) is 0 Å². The number of anilines is 2. The number of rotatable bonds is 7. The molecule has 3 aromatic carbocycles. The Morgan fingerprint density at radius 2 is 1.65 bits per heavy atom. The van der Waals surface area contributed by atoms with E-state index in [0.29, 0.717) is 16.9 Å². The normalized spacial score (nSPS) is 11.1. The Morgan fingerprint density at radius 3 is 2.35 bits per heavy atom. The maximum atomic E-state index is 13.1. The van der Waals surface area contributed by atoms with Gasteiger partial charge in [-0.15, -0.1) is 0 Å². The molecular weight excluding hydrogens is 476 g/mol. The van der Waals surface area contributed by atoms with E-state index in [1.54, 1.807) is 26.0 Å². The molecule has 34 heavy (non-hydrogen) atoms. The van der Waals surface area contributed by atoms with Crippen molar-refractivity contribution in [2.45, 2.75) is 32.6 Å². The summed E-state index contributed by atoms with van der Waals surface area (Å²) in [5, 5.41) is 2.86. The van der Waals surface area contributed by atoms with E-state index in [2.05, 4.69) is 10.0 Å². The van der Waals surface area contributed by atoms with Crippen molar-refractivity contribution in [3.05, 3.63) is 87.4 Å². The molecule has 2 N–H and O–H groups in total. The molecule has 0 saturated heterocycles. The number of nitrogens with one attached hydrogen (secondary N) is 2. The van der Waals surface area contributed by atoms with Gasteiger partial charge in [-0.05, 0) is 80.8 Å². The highest BCUT2D eigenvalue weighted by molar-refractivity contribution is 7.92. The minimum atomic E-state index is -3.95. The average molecular weight is 501 g/mol. The first-order chi connectivity index (χ1) is 16.0. The van der Waals surface area contributed by atoms with Gasteiger partial charge in [0.1, 0.15) is 0 Å². The van der Waals surface area contributed by atoms with Crippen LogP contribution < -0.4 is 10.0 Å². The van der Waals surface area contributed by atoms with Gasteiger partial charge < -0.3 is 10.1 Å². The maximum absolute atomic E-state index is 13.1. The number of sulfonamides is 1. The lowest BCUT2D eigenvalue weighted by molar-refractivity contribution is 0.0526. The Bertz CT molecular complexity index is 1370. The van der Waals surface area contributed by atoms with Gasteiger partial charge in [0, 0.05) is 11.3 Å². The van der Waals surface area contributed by atoms with E-state index >= 15 is 0 Å². The molecule has 178 valence electrons. The van der Waals surface area contributed by atoms with Crippen LogP contribution in [0.5, 0.6) is 0 Å². The third kappa shape index (κ3) is 5.76. The Balaban J connectivity index is 1.88. The van der Waals surface area contributed by atoms with Crippen LogP contribution in [0.15, 0.2) is 59.5 Å². The fourth-order valence-electron chi connectivity index (χ4n) is 3.25. The predicted molar refractivity (Wildman–Crippen MR) is 133 cm³/mol. The predicted octanol–water partition coefficient (Wildman–Crippen LogP) is 5.50. The van der Waals surface area contributed by atoms with Crippen molar-refractivity contribution in [2.24, 2.45) is 0 Å². The first-order valence-corrected chi connectivity index (χ1v) is 12.4. The number of benzene rings is 3. The van der Waals surface area contributed by atoms with Gasteiger partial charge in [-0.25, -0.2) is 13.2 Å². The summed E-state index contributed by atoms with van der Waals surface area (Å²) >= 11 is 6.07. The van der Waals surface area contributed by atoms with Crippen LogP contribution in [-0.2, 0) is 14.8 Å². The largest absolute Gasteiger partial charge is 0.462 e. The zero-order valence-electron chi connectivity index (χ0n) is 19.2. The van der Waals surface area contributed by atoms with Crippen LogP contribution in [0.25, 0.3) is 0 Å². The summed E-state index contributed by atoms with van der Waals surface area (Å²) in [5.74, 6) is -1.15. The second-order valence-corrected chi connectivity index (χ2v) is 9.83. The minimum absolute atomic E-state index is 0.00984. The standard InChI is InChI=1S/C25H25ClN2O5S/c1-5-33-25(30)20-14-19(10-11-21(20)26)27-24(29)18-9-8-17(4)23(13-18)34(31,32)28-22-12-15(2)6-7-16(22)3/h6-14,28H,5H2,1-4H3,(H,27,29). The van der Waals surface area contributed by atoms with Gasteiger partial charge in [0.05, 0.1) is 27.8 Å². The van der Waals surface area contributed by atoms with Gasteiger partial charge in [0.25, 0.3) is 15.9 Å². The topological polar surface area (TPSA) is 102 Å². The van der Waals surface area contributed by atoms with E-state index < -0.39 is 21.9 Å². The van der Waals surface area contributed by atoms with Crippen molar-refractivity contribution < 1.29 is 22.7 Å². The first kappa shape index (κ1) is 25.3. The molecule has 0 aliphatic rings. The average Bonchev–Trinajstić information content (AvgIpc) is 2.77. The fourth-order valence-corrected chi connectivity index (χ4v) is 4.84. The summed E-state index contributed by atoms with van der Waals surface area (Å²) in [6.07, 6.45) is 0. The first-order valence-electron chi connectivity index (χ1n) is 10.5. The Hall–Kier alpha value is -3.36. The Labute approximate surface area is 204 Å². The fraction of sp³-hybridized carbons (Fsp3) is 0.200. The van der Waals surface area contributed by atoms with Crippen LogP contribution in [0.4, 0.5) is 11.4 Å². The Morgan fingerprint density at radius 1 is 0.941 bits per heavy atom. The number of hydrogen-bond donors (Lipinski definition) is 2. The summed E-state index contributed by atoms with van der Waals surface area (Å²) in [5.41, 5.74) is 3.23. The number of carbonyl (C=O) groups is 2. The molecule has 1 amide bonds. The molecule has 0 heterocycles. The Kier molecular flexibility index (Phi) is 7.64. The number of aryl methyl sites for hydroxylation is 3. The molecule has 0 radical (unpaired) electrons. The third-order valence-corrected chi connectivity index (χ3v) is 6.93. The second kappa shape index (κ2) is 10.3. The summed E-state index contributed by atoms with van der Waals surface area (Å²) in [6, 6.07) is 14.3. The van der Waals surface area contributed by atoms with Gasteiger partial charge in [-0.3, -0.25) is 9.52 Å². The highest BCUT2D eigenvalue weighted by atomic mass is 35.5. The van der Waals surface area contributed by atoms with Gasteiger partial charge in [-0.1, -0.05) is 29.8 Å². The molecule has 0 saturated carbocycles. The SMILES string of the molecule is CCOC(=O)c1cc(NC(=O)c2ccc(C)c(S(=O)(=O)Nc3cc(C)ccc3C)c2)ccc1Cl. The molecule has 0 spiro atoms. The highest BCUT2D eigenvalue weighted by Gasteiger charge is 2.21. The molecule has 9 heteroatoms. The molecule has 0 aliphatic heterocycles. The molecule has 3 aromatic rings. The second-order valence-electron chi connectivity index (χ2n) is 7.77. The number of hydrogen-bond acceptors (Lipinski definition) is 5. The van der Waals surface area contributed by atoms with Gasteiger partial charge in [-0.2, -0.15) is 0 Å². The summed E-state index contributed by atoms with van der Waals surface area (Å²) in [4.78, 5) is 24.9. The van der Waals surface area contributed by atoms with E-state index in [9.17, 15) is 18.0 Å². The number of amides is 1. The van der Waals surface area contributed by atoms with Crippen LogP contribution in [0.1, 0.15) is 44.3 Å². The molecular formula is C25H25ClN2O5S. The van der Waals surface area contributed by atoms with E-state index in [1.807, 2.05) is 26.0 Å². The van der Waals surface area contributed by atoms with E-state index in [4.69, 9.17) is 16.3 Å². The zero-order chi connectivity index (χ0) is 25.0. The van der Waals surface area contributed by atoms with Crippen LogP contribution in [0.2, 0.25) is 5.02 Å². The highest BCUT2D eigenvalue weighted by Crippen LogP contribution is 2.25. The van der Waals surface area contributed by atoms with Crippen molar-refractivity contribution in [1.29, 1.82) is 0 Å². The quantitative estimate of drug-likeness (QED) is 0.417.